The van der Waals surface area contributed by atoms with Gasteiger partial charge in [-0.1, -0.05) is 41.9 Å². The minimum absolute atomic E-state index is 0.260. The van der Waals surface area contributed by atoms with E-state index in [0.29, 0.717) is 22.3 Å². The van der Waals surface area contributed by atoms with Gasteiger partial charge in [-0.3, -0.25) is 14.9 Å². The average Bonchev–Trinajstić information content (AvgIpc) is 3.11. The van der Waals surface area contributed by atoms with Crippen molar-refractivity contribution in [1.29, 1.82) is 0 Å². The molecule has 0 atom stereocenters. The normalized spacial score (nSPS) is 10.3. The van der Waals surface area contributed by atoms with Crippen molar-refractivity contribution in [2.24, 2.45) is 0 Å². The Balaban J connectivity index is 1.52. The lowest BCUT2D eigenvalue weighted by atomic mass is 10.1. The number of aromatic nitrogens is 1. The van der Waals surface area contributed by atoms with Gasteiger partial charge in [-0.25, -0.2) is 4.98 Å². The molecule has 2 aromatic carbocycles. The number of halogens is 1. The molecular weight excluding hydrogens is 370 g/mol. The van der Waals surface area contributed by atoms with E-state index in [4.69, 9.17) is 11.6 Å². The monoisotopic (exact) mass is 385 g/mol. The lowest BCUT2D eigenvalue weighted by Crippen LogP contribution is -2.26. The van der Waals surface area contributed by atoms with Gasteiger partial charge in [0.15, 0.2) is 5.13 Å². The first-order valence-electron chi connectivity index (χ1n) is 7.96. The van der Waals surface area contributed by atoms with Crippen LogP contribution in [0.25, 0.3) is 0 Å². The van der Waals surface area contributed by atoms with Gasteiger partial charge in [0.2, 0.25) is 0 Å². The van der Waals surface area contributed by atoms with E-state index in [1.165, 1.54) is 11.3 Å². The summed E-state index contributed by atoms with van der Waals surface area (Å²) in [7, 11) is 0. The topological polar surface area (TPSA) is 71.1 Å². The van der Waals surface area contributed by atoms with Gasteiger partial charge in [0.25, 0.3) is 11.8 Å². The molecule has 0 unspecified atom stereocenters. The summed E-state index contributed by atoms with van der Waals surface area (Å²) in [5.74, 6) is -0.559. The molecule has 0 saturated heterocycles. The second-order valence-corrected chi connectivity index (χ2v) is 6.78. The van der Waals surface area contributed by atoms with E-state index < -0.39 is 0 Å². The molecular formula is C19H16ClN3O2S. The van der Waals surface area contributed by atoms with Crippen LogP contribution in [0.2, 0.25) is 5.02 Å². The third kappa shape index (κ3) is 4.91. The molecule has 1 aromatic heterocycles. The number of hydrogen-bond donors (Lipinski definition) is 2. The standard InChI is InChI=1S/C19H16ClN3O2S/c20-15-8-6-14(7-9-15)17(24)23-19-22-16(12-26-19)18(25)21-11-10-13-4-2-1-3-5-13/h1-9,12H,10-11H2,(H,21,25)(H,22,23,24). The molecule has 0 fully saturated rings. The molecule has 132 valence electrons. The fourth-order valence-electron chi connectivity index (χ4n) is 2.26. The third-order valence-corrected chi connectivity index (χ3v) is 4.62. The third-order valence-electron chi connectivity index (χ3n) is 3.61. The number of benzene rings is 2. The average molecular weight is 386 g/mol. The minimum atomic E-state index is -0.299. The smallest absolute Gasteiger partial charge is 0.270 e. The van der Waals surface area contributed by atoms with Crippen LogP contribution in [0.3, 0.4) is 0 Å². The van der Waals surface area contributed by atoms with Crippen LogP contribution < -0.4 is 10.6 Å². The fraction of sp³-hybridized carbons (Fsp3) is 0.105. The van der Waals surface area contributed by atoms with E-state index in [9.17, 15) is 9.59 Å². The van der Waals surface area contributed by atoms with Crippen LogP contribution in [-0.2, 0) is 6.42 Å². The van der Waals surface area contributed by atoms with Crippen LogP contribution in [-0.4, -0.2) is 23.3 Å². The zero-order valence-electron chi connectivity index (χ0n) is 13.7. The van der Waals surface area contributed by atoms with Gasteiger partial charge in [0, 0.05) is 22.5 Å². The Labute approximate surface area is 160 Å². The summed E-state index contributed by atoms with van der Waals surface area (Å²) in [5, 5.41) is 8.06. The highest BCUT2D eigenvalue weighted by Gasteiger charge is 2.13. The van der Waals surface area contributed by atoms with E-state index in [1.54, 1.807) is 29.6 Å². The largest absolute Gasteiger partial charge is 0.350 e. The summed E-state index contributed by atoms with van der Waals surface area (Å²) >= 11 is 7.01. The summed E-state index contributed by atoms with van der Waals surface area (Å²) in [6, 6.07) is 16.5. The molecule has 2 N–H and O–H groups in total. The van der Waals surface area contributed by atoms with Crippen LogP contribution in [0.1, 0.15) is 26.4 Å². The van der Waals surface area contributed by atoms with E-state index in [0.717, 1.165) is 12.0 Å². The second-order valence-electron chi connectivity index (χ2n) is 5.49. The van der Waals surface area contributed by atoms with Gasteiger partial charge >= 0.3 is 0 Å². The second kappa shape index (κ2) is 8.60. The Hall–Kier alpha value is -2.70. The highest BCUT2D eigenvalue weighted by Crippen LogP contribution is 2.17. The van der Waals surface area contributed by atoms with E-state index >= 15 is 0 Å². The maximum Gasteiger partial charge on any atom is 0.270 e. The molecule has 2 amide bonds. The van der Waals surface area contributed by atoms with Gasteiger partial charge in [0.1, 0.15) is 5.69 Å². The molecule has 26 heavy (non-hydrogen) atoms. The SMILES string of the molecule is O=C(Nc1nc(C(=O)NCCc2ccccc2)cs1)c1ccc(Cl)cc1. The number of nitrogens with zero attached hydrogens (tertiary/aromatic N) is 1. The van der Waals surface area contributed by atoms with Crippen molar-refractivity contribution in [1.82, 2.24) is 10.3 Å². The maximum absolute atomic E-state index is 12.1. The van der Waals surface area contributed by atoms with Crippen molar-refractivity contribution in [2.75, 3.05) is 11.9 Å². The van der Waals surface area contributed by atoms with Crippen LogP contribution in [0.4, 0.5) is 5.13 Å². The van der Waals surface area contributed by atoms with E-state index in [2.05, 4.69) is 15.6 Å². The van der Waals surface area contributed by atoms with Gasteiger partial charge in [-0.2, -0.15) is 0 Å². The molecule has 1 heterocycles. The number of carbonyl (C=O) groups excluding carboxylic acids is 2. The van der Waals surface area contributed by atoms with E-state index in [1.807, 2.05) is 30.3 Å². The molecule has 0 aliphatic rings. The number of carbonyl (C=O) groups is 2. The first-order chi connectivity index (χ1) is 12.6. The van der Waals surface area contributed by atoms with Crippen LogP contribution in [0.5, 0.6) is 0 Å². The summed E-state index contributed by atoms with van der Waals surface area (Å²) in [4.78, 5) is 28.5. The molecule has 7 heteroatoms. The Morgan fingerprint density at radius 2 is 1.73 bits per heavy atom. The van der Waals surface area contributed by atoms with Crippen molar-refractivity contribution < 1.29 is 9.59 Å². The zero-order valence-corrected chi connectivity index (χ0v) is 15.3. The Kier molecular flexibility index (Phi) is 5.99. The Morgan fingerprint density at radius 3 is 2.46 bits per heavy atom. The lowest BCUT2D eigenvalue weighted by Gasteiger charge is -2.03. The van der Waals surface area contributed by atoms with E-state index in [-0.39, 0.29) is 17.5 Å². The quantitative estimate of drug-likeness (QED) is 0.673. The molecule has 0 saturated carbocycles. The molecule has 0 spiro atoms. The molecule has 5 nitrogen and oxygen atoms in total. The van der Waals surface area contributed by atoms with Gasteiger partial charge in [0.05, 0.1) is 0 Å². The van der Waals surface area contributed by atoms with Gasteiger partial charge in [-0.15, -0.1) is 11.3 Å². The molecule has 3 rings (SSSR count). The fourth-order valence-corrected chi connectivity index (χ4v) is 3.07. The molecule has 0 bridgehead atoms. The first kappa shape index (κ1) is 18.1. The molecule has 0 aliphatic heterocycles. The molecule has 0 aliphatic carbocycles. The summed E-state index contributed by atoms with van der Waals surface area (Å²) in [5.41, 5.74) is 1.91. The van der Waals surface area contributed by atoms with Crippen LogP contribution in [0, 0.1) is 0 Å². The highest BCUT2D eigenvalue weighted by molar-refractivity contribution is 7.14. The number of amides is 2. The Morgan fingerprint density at radius 1 is 1.00 bits per heavy atom. The van der Waals surface area contributed by atoms with Gasteiger partial charge in [-0.05, 0) is 36.2 Å². The predicted molar refractivity (Wildman–Crippen MR) is 104 cm³/mol. The van der Waals surface area contributed by atoms with Crippen molar-refractivity contribution in [3.05, 3.63) is 81.8 Å². The van der Waals surface area contributed by atoms with Gasteiger partial charge < -0.3 is 5.32 Å². The van der Waals surface area contributed by atoms with Crippen molar-refractivity contribution >= 4 is 39.9 Å². The number of anilines is 1. The lowest BCUT2D eigenvalue weighted by molar-refractivity contribution is 0.0948. The van der Waals surface area contributed by atoms with Crippen molar-refractivity contribution in [2.45, 2.75) is 6.42 Å². The minimum Gasteiger partial charge on any atom is -0.350 e. The molecule has 0 radical (unpaired) electrons. The number of nitrogens with one attached hydrogen (secondary N) is 2. The summed E-state index contributed by atoms with van der Waals surface area (Å²) in [6.07, 6.45) is 0.747. The maximum atomic E-state index is 12.1. The summed E-state index contributed by atoms with van der Waals surface area (Å²) < 4.78 is 0. The predicted octanol–water partition coefficient (Wildman–Crippen LogP) is 4.02. The van der Waals surface area contributed by atoms with Crippen LogP contribution >= 0.6 is 22.9 Å². The van der Waals surface area contributed by atoms with Crippen molar-refractivity contribution in [3.8, 4) is 0 Å². The molecule has 3 aromatic rings. The first-order valence-corrected chi connectivity index (χ1v) is 9.22. The zero-order chi connectivity index (χ0) is 18.4. The number of hydrogen-bond acceptors (Lipinski definition) is 4. The highest BCUT2D eigenvalue weighted by atomic mass is 35.5. The van der Waals surface area contributed by atoms with Crippen molar-refractivity contribution in [3.63, 3.8) is 0 Å². The number of rotatable bonds is 6. The summed E-state index contributed by atoms with van der Waals surface area (Å²) in [6.45, 7) is 0.521. The number of thiazole rings is 1. The van der Waals surface area contributed by atoms with Crippen LogP contribution in [0.15, 0.2) is 60.0 Å². The Bertz CT molecular complexity index is 895.